The van der Waals surface area contributed by atoms with Gasteiger partial charge in [-0.3, -0.25) is 9.59 Å². The van der Waals surface area contributed by atoms with Crippen molar-refractivity contribution < 1.29 is 29.4 Å². The number of nitrogens with one attached hydrogen (secondary N) is 2. The minimum Gasteiger partial charge on any atom is -0.479 e. The summed E-state index contributed by atoms with van der Waals surface area (Å²) in [5, 5.41) is 24.6. The normalized spacial score (nSPS) is 12.1. The molecule has 40 heavy (non-hydrogen) atoms. The number of benzene rings is 4. The van der Waals surface area contributed by atoms with E-state index in [4.69, 9.17) is 0 Å². The Morgan fingerprint density at radius 1 is 0.500 bits per heavy atom. The first-order valence-corrected chi connectivity index (χ1v) is 14.2. The van der Waals surface area contributed by atoms with Gasteiger partial charge in [-0.1, -0.05) is 107 Å². The molecule has 4 N–H and O–H groups in total. The molecule has 10 heteroatoms. The SMILES string of the molecule is O=C(NC(C(=O)O)c1ccccc1)c1ccccc1SSc1ccccc1C(=O)NC(C(=O)O)c1ccccc1. The predicted octanol–water partition coefficient (Wildman–Crippen LogP) is 5.60. The smallest absolute Gasteiger partial charge is 0.330 e. The van der Waals surface area contributed by atoms with Gasteiger partial charge in [0.25, 0.3) is 11.8 Å². The maximum atomic E-state index is 13.1. The van der Waals surface area contributed by atoms with Gasteiger partial charge in [-0.2, -0.15) is 0 Å². The molecule has 4 aromatic carbocycles. The maximum absolute atomic E-state index is 13.1. The van der Waals surface area contributed by atoms with Crippen LogP contribution in [0.2, 0.25) is 0 Å². The van der Waals surface area contributed by atoms with Crippen molar-refractivity contribution in [2.45, 2.75) is 21.9 Å². The first kappa shape index (κ1) is 28.5. The Kier molecular flexibility index (Phi) is 9.61. The van der Waals surface area contributed by atoms with Crippen LogP contribution in [0.4, 0.5) is 0 Å². The third-order valence-corrected chi connectivity index (χ3v) is 8.28. The Balaban J connectivity index is 1.51. The van der Waals surface area contributed by atoms with Gasteiger partial charge in [0.05, 0.1) is 11.1 Å². The molecule has 0 saturated carbocycles. The van der Waals surface area contributed by atoms with Crippen molar-refractivity contribution in [3.05, 3.63) is 131 Å². The molecule has 0 saturated heterocycles. The second kappa shape index (κ2) is 13.5. The summed E-state index contributed by atoms with van der Waals surface area (Å²) in [4.78, 5) is 51.2. The van der Waals surface area contributed by atoms with Crippen molar-refractivity contribution in [2.24, 2.45) is 0 Å². The zero-order valence-electron chi connectivity index (χ0n) is 20.9. The predicted molar refractivity (Wildman–Crippen MR) is 153 cm³/mol. The molecule has 0 aliphatic heterocycles. The lowest BCUT2D eigenvalue weighted by atomic mass is 10.1. The summed E-state index contributed by atoms with van der Waals surface area (Å²) in [6.07, 6.45) is 0. The van der Waals surface area contributed by atoms with Gasteiger partial charge < -0.3 is 20.8 Å². The van der Waals surface area contributed by atoms with Crippen LogP contribution in [0.25, 0.3) is 0 Å². The molecule has 4 aromatic rings. The number of rotatable bonds is 11. The van der Waals surface area contributed by atoms with Crippen molar-refractivity contribution in [3.63, 3.8) is 0 Å². The lowest BCUT2D eigenvalue weighted by Gasteiger charge is -2.17. The number of hydrogen-bond donors (Lipinski definition) is 4. The van der Waals surface area contributed by atoms with E-state index in [1.54, 1.807) is 109 Å². The Morgan fingerprint density at radius 2 is 0.825 bits per heavy atom. The van der Waals surface area contributed by atoms with Crippen molar-refractivity contribution in [3.8, 4) is 0 Å². The van der Waals surface area contributed by atoms with Gasteiger partial charge in [-0.05, 0) is 35.4 Å². The van der Waals surface area contributed by atoms with Crippen LogP contribution in [0.1, 0.15) is 43.9 Å². The fraction of sp³-hybridized carbons (Fsp3) is 0.0667. The Bertz CT molecular complexity index is 1400. The average molecular weight is 573 g/mol. The van der Waals surface area contributed by atoms with Gasteiger partial charge in [0.1, 0.15) is 0 Å². The Labute approximate surface area is 238 Å². The van der Waals surface area contributed by atoms with E-state index in [9.17, 15) is 29.4 Å². The van der Waals surface area contributed by atoms with Crippen molar-refractivity contribution in [2.75, 3.05) is 0 Å². The molecule has 0 aliphatic carbocycles. The van der Waals surface area contributed by atoms with Gasteiger partial charge in [0, 0.05) is 9.79 Å². The third-order valence-electron chi connectivity index (χ3n) is 5.80. The number of amides is 2. The Hall–Kier alpha value is -4.54. The van der Waals surface area contributed by atoms with Crippen LogP contribution < -0.4 is 10.6 Å². The number of carboxylic acids is 2. The van der Waals surface area contributed by atoms with Crippen LogP contribution in [0.15, 0.2) is 119 Å². The van der Waals surface area contributed by atoms with Crippen molar-refractivity contribution in [1.82, 2.24) is 10.6 Å². The standard InChI is InChI=1S/C30H24N2O6S2/c33-27(31-25(29(35)36)19-11-3-1-4-12-19)21-15-7-9-17-23(21)39-40-24-18-10-8-16-22(24)28(34)32-26(30(37)38)20-13-5-2-6-14-20/h1-18,25-26H,(H,31,33)(H,32,34)(H,35,36)(H,37,38). The molecule has 2 amide bonds. The lowest BCUT2D eigenvalue weighted by molar-refractivity contribution is -0.140. The third kappa shape index (κ3) is 7.10. The lowest BCUT2D eigenvalue weighted by Crippen LogP contribution is -2.34. The Morgan fingerprint density at radius 3 is 1.18 bits per heavy atom. The summed E-state index contributed by atoms with van der Waals surface area (Å²) in [6, 6.07) is 27.9. The average Bonchev–Trinajstić information content (AvgIpc) is 2.98. The van der Waals surface area contributed by atoms with Crippen LogP contribution in [-0.4, -0.2) is 34.0 Å². The number of carboxylic acid groups (broad SMARTS) is 2. The first-order chi connectivity index (χ1) is 19.3. The van der Waals surface area contributed by atoms with Gasteiger partial charge in [-0.25, -0.2) is 9.59 Å². The van der Waals surface area contributed by atoms with Gasteiger partial charge in [0.2, 0.25) is 0 Å². The minimum atomic E-state index is -1.23. The van der Waals surface area contributed by atoms with Gasteiger partial charge in [0.15, 0.2) is 12.1 Å². The number of carbonyl (C=O) groups is 4. The molecule has 0 radical (unpaired) electrons. The van der Waals surface area contributed by atoms with E-state index in [2.05, 4.69) is 10.6 Å². The molecular weight excluding hydrogens is 548 g/mol. The molecule has 4 rings (SSSR count). The van der Waals surface area contributed by atoms with E-state index in [1.807, 2.05) is 0 Å². The van der Waals surface area contributed by atoms with Crippen LogP contribution in [0.5, 0.6) is 0 Å². The molecule has 0 spiro atoms. The molecule has 0 fully saturated rings. The zero-order valence-corrected chi connectivity index (χ0v) is 22.5. The fourth-order valence-corrected chi connectivity index (χ4v) is 6.19. The highest BCUT2D eigenvalue weighted by Crippen LogP contribution is 2.40. The summed E-state index contributed by atoms with van der Waals surface area (Å²) in [6.45, 7) is 0. The van der Waals surface area contributed by atoms with Crippen LogP contribution in [-0.2, 0) is 9.59 Å². The maximum Gasteiger partial charge on any atom is 0.330 e. The minimum absolute atomic E-state index is 0.277. The fourth-order valence-electron chi connectivity index (χ4n) is 3.83. The summed E-state index contributed by atoms with van der Waals surface area (Å²) in [7, 11) is 2.45. The second-order valence-electron chi connectivity index (χ2n) is 8.47. The quantitative estimate of drug-likeness (QED) is 0.171. The molecule has 0 aromatic heterocycles. The molecule has 0 aliphatic rings. The van der Waals surface area contributed by atoms with Gasteiger partial charge >= 0.3 is 11.9 Å². The summed E-state index contributed by atoms with van der Waals surface area (Å²) in [5.74, 6) is -3.49. The highest BCUT2D eigenvalue weighted by Gasteiger charge is 2.25. The van der Waals surface area contributed by atoms with Gasteiger partial charge in [-0.15, -0.1) is 0 Å². The molecule has 0 heterocycles. The van der Waals surface area contributed by atoms with Crippen molar-refractivity contribution in [1.29, 1.82) is 0 Å². The monoisotopic (exact) mass is 572 g/mol. The summed E-state index contributed by atoms with van der Waals surface area (Å²) >= 11 is 0. The largest absolute Gasteiger partial charge is 0.479 e. The first-order valence-electron chi connectivity index (χ1n) is 12.0. The van der Waals surface area contributed by atoms with E-state index >= 15 is 0 Å². The van der Waals surface area contributed by atoms with Crippen LogP contribution in [0.3, 0.4) is 0 Å². The van der Waals surface area contributed by atoms with E-state index in [0.717, 1.165) is 0 Å². The molecule has 202 valence electrons. The molecule has 8 nitrogen and oxygen atoms in total. The molecule has 2 unspecified atom stereocenters. The van der Waals surface area contributed by atoms with E-state index in [-0.39, 0.29) is 11.1 Å². The second-order valence-corrected chi connectivity index (χ2v) is 10.7. The zero-order chi connectivity index (χ0) is 28.5. The number of hydrogen-bond acceptors (Lipinski definition) is 6. The van der Waals surface area contributed by atoms with Crippen LogP contribution >= 0.6 is 21.6 Å². The highest BCUT2D eigenvalue weighted by atomic mass is 33.1. The molecular formula is C30H24N2O6S2. The summed E-state index contributed by atoms with van der Waals surface area (Å²) < 4.78 is 0. The topological polar surface area (TPSA) is 133 Å². The number of carbonyl (C=O) groups excluding carboxylic acids is 2. The highest BCUT2D eigenvalue weighted by molar-refractivity contribution is 8.76. The van der Waals surface area contributed by atoms with Crippen LogP contribution in [0, 0.1) is 0 Å². The molecule has 0 bridgehead atoms. The van der Waals surface area contributed by atoms with E-state index in [1.165, 1.54) is 21.6 Å². The van der Waals surface area contributed by atoms with E-state index < -0.39 is 35.8 Å². The molecule has 2 atom stereocenters. The summed E-state index contributed by atoms with van der Waals surface area (Å²) in [5.41, 5.74) is 1.44. The van der Waals surface area contributed by atoms with Crippen molar-refractivity contribution >= 4 is 45.3 Å². The van der Waals surface area contributed by atoms with E-state index in [0.29, 0.717) is 20.9 Å². The number of aliphatic carboxylic acids is 2.